The first-order valence-corrected chi connectivity index (χ1v) is 11.2. The number of carbonyl (C=O) groups excluding carboxylic acids is 1. The average Bonchev–Trinajstić information content (AvgIpc) is 3.35. The zero-order valence-electron chi connectivity index (χ0n) is 18.2. The van der Waals surface area contributed by atoms with Crippen molar-refractivity contribution in [2.45, 2.75) is 31.8 Å². The molecule has 0 radical (unpaired) electrons. The SMILES string of the molecule is N#Cc1ccc(Nc2ncc(Cl)cc2NC(=O)/C=C/c2cccc(O)c2OC2CCCC2)nc1. The van der Waals surface area contributed by atoms with Crippen molar-refractivity contribution >= 4 is 40.9 Å². The molecule has 1 aliphatic rings. The number of amides is 1. The number of rotatable bonds is 7. The van der Waals surface area contributed by atoms with E-state index in [1.54, 1.807) is 42.5 Å². The van der Waals surface area contributed by atoms with E-state index in [0.717, 1.165) is 25.7 Å². The van der Waals surface area contributed by atoms with Crippen LogP contribution in [-0.4, -0.2) is 27.1 Å². The molecule has 2 heterocycles. The molecule has 2 aromatic heterocycles. The predicted octanol–water partition coefficient (Wildman–Crippen LogP) is 5.42. The van der Waals surface area contributed by atoms with Crippen LogP contribution in [0.5, 0.6) is 11.5 Å². The summed E-state index contributed by atoms with van der Waals surface area (Å²) in [7, 11) is 0. The minimum absolute atomic E-state index is 0.0369. The monoisotopic (exact) mass is 475 g/mol. The molecule has 1 aliphatic carbocycles. The van der Waals surface area contributed by atoms with E-state index in [1.807, 2.05) is 6.07 Å². The quantitative estimate of drug-likeness (QED) is 0.390. The second kappa shape index (κ2) is 10.7. The summed E-state index contributed by atoms with van der Waals surface area (Å²) in [5, 5.41) is 25.3. The number of aromatic hydroxyl groups is 1. The maximum Gasteiger partial charge on any atom is 0.248 e. The molecule has 0 atom stereocenters. The van der Waals surface area contributed by atoms with Crippen molar-refractivity contribution in [2.24, 2.45) is 0 Å². The number of hydrogen-bond acceptors (Lipinski definition) is 7. The van der Waals surface area contributed by atoms with Gasteiger partial charge in [0.2, 0.25) is 5.91 Å². The fourth-order valence-electron chi connectivity index (χ4n) is 3.60. The van der Waals surface area contributed by atoms with E-state index in [2.05, 4.69) is 20.6 Å². The maximum absolute atomic E-state index is 12.7. The number of aromatic nitrogens is 2. The fraction of sp³-hybridized carbons (Fsp3) is 0.200. The van der Waals surface area contributed by atoms with Gasteiger partial charge < -0.3 is 20.5 Å². The van der Waals surface area contributed by atoms with Gasteiger partial charge in [0, 0.05) is 24.0 Å². The average molecular weight is 476 g/mol. The van der Waals surface area contributed by atoms with Crippen LogP contribution in [0.4, 0.5) is 17.3 Å². The Kier molecular flexibility index (Phi) is 7.25. The van der Waals surface area contributed by atoms with Crippen LogP contribution in [0.3, 0.4) is 0 Å². The summed E-state index contributed by atoms with van der Waals surface area (Å²) in [4.78, 5) is 21.1. The Labute approximate surface area is 201 Å². The largest absolute Gasteiger partial charge is 0.504 e. The molecule has 172 valence electrons. The van der Waals surface area contributed by atoms with Gasteiger partial charge in [-0.3, -0.25) is 4.79 Å². The van der Waals surface area contributed by atoms with Crippen LogP contribution >= 0.6 is 11.6 Å². The number of phenolic OH excluding ortho intramolecular Hbond substituents is 1. The van der Waals surface area contributed by atoms with Crippen LogP contribution in [0.15, 0.2) is 54.9 Å². The summed E-state index contributed by atoms with van der Waals surface area (Å²) < 4.78 is 6.01. The number of phenols is 1. The van der Waals surface area contributed by atoms with Crippen molar-refractivity contribution in [3.8, 4) is 17.6 Å². The molecular formula is C25H22ClN5O3. The first-order chi connectivity index (χ1) is 16.5. The number of carbonyl (C=O) groups is 1. The topological polar surface area (TPSA) is 120 Å². The third-order valence-corrected chi connectivity index (χ3v) is 5.48. The third kappa shape index (κ3) is 5.82. The summed E-state index contributed by atoms with van der Waals surface area (Å²) in [5.41, 5.74) is 1.38. The molecule has 1 aromatic carbocycles. The molecule has 0 saturated heterocycles. The van der Waals surface area contributed by atoms with E-state index in [9.17, 15) is 9.90 Å². The molecular weight excluding hydrogens is 454 g/mol. The number of nitrogens with one attached hydrogen (secondary N) is 2. The Morgan fingerprint density at radius 2 is 2.03 bits per heavy atom. The van der Waals surface area contributed by atoms with Gasteiger partial charge in [-0.15, -0.1) is 0 Å². The molecule has 1 fully saturated rings. The van der Waals surface area contributed by atoms with E-state index in [0.29, 0.717) is 39.2 Å². The Bertz CT molecular complexity index is 1250. The number of para-hydroxylation sites is 1. The van der Waals surface area contributed by atoms with E-state index < -0.39 is 5.91 Å². The Balaban J connectivity index is 1.49. The van der Waals surface area contributed by atoms with E-state index in [1.165, 1.54) is 18.5 Å². The van der Waals surface area contributed by atoms with Crippen LogP contribution in [-0.2, 0) is 4.79 Å². The molecule has 1 amide bonds. The van der Waals surface area contributed by atoms with Gasteiger partial charge in [-0.1, -0.05) is 23.7 Å². The summed E-state index contributed by atoms with van der Waals surface area (Å²) in [5.74, 6) is 0.779. The molecule has 1 saturated carbocycles. The van der Waals surface area contributed by atoms with Crippen molar-refractivity contribution in [3.05, 3.63) is 71.0 Å². The van der Waals surface area contributed by atoms with Crippen LogP contribution in [0.1, 0.15) is 36.8 Å². The molecule has 0 bridgehead atoms. The highest BCUT2D eigenvalue weighted by atomic mass is 35.5. The summed E-state index contributed by atoms with van der Waals surface area (Å²) in [6.45, 7) is 0. The zero-order valence-corrected chi connectivity index (χ0v) is 18.9. The highest BCUT2D eigenvalue weighted by molar-refractivity contribution is 6.31. The molecule has 0 spiro atoms. The van der Waals surface area contributed by atoms with Gasteiger partial charge in [0.05, 0.1) is 22.4 Å². The van der Waals surface area contributed by atoms with Gasteiger partial charge in [-0.25, -0.2) is 9.97 Å². The summed E-state index contributed by atoms with van der Waals surface area (Å²) in [6, 6.07) is 11.9. The van der Waals surface area contributed by atoms with Crippen molar-refractivity contribution in [2.75, 3.05) is 10.6 Å². The van der Waals surface area contributed by atoms with E-state index in [-0.39, 0.29) is 11.9 Å². The number of ether oxygens (including phenoxy) is 1. The molecule has 0 unspecified atom stereocenters. The maximum atomic E-state index is 12.7. The van der Waals surface area contributed by atoms with Gasteiger partial charge in [0.25, 0.3) is 0 Å². The number of hydrogen-bond donors (Lipinski definition) is 3. The lowest BCUT2D eigenvalue weighted by Crippen LogP contribution is -2.12. The third-order valence-electron chi connectivity index (χ3n) is 5.28. The van der Waals surface area contributed by atoms with Crippen molar-refractivity contribution in [1.82, 2.24) is 9.97 Å². The Morgan fingerprint density at radius 3 is 2.76 bits per heavy atom. The molecule has 3 aromatic rings. The number of nitrogens with zero attached hydrogens (tertiary/aromatic N) is 3. The minimum Gasteiger partial charge on any atom is -0.504 e. The molecule has 0 aliphatic heterocycles. The molecule has 8 nitrogen and oxygen atoms in total. The predicted molar refractivity (Wildman–Crippen MR) is 130 cm³/mol. The lowest BCUT2D eigenvalue weighted by Gasteiger charge is -2.16. The lowest BCUT2D eigenvalue weighted by molar-refractivity contribution is -0.111. The number of benzene rings is 1. The second-order valence-corrected chi connectivity index (χ2v) is 8.20. The van der Waals surface area contributed by atoms with Crippen molar-refractivity contribution in [3.63, 3.8) is 0 Å². The van der Waals surface area contributed by atoms with Gasteiger partial charge in [0.15, 0.2) is 17.3 Å². The van der Waals surface area contributed by atoms with Gasteiger partial charge >= 0.3 is 0 Å². The van der Waals surface area contributed by atoms with E-state index >= 15 is 0 Å². The standard InChI is InChI=1S/C25H22ClN5O3/c26-18-12-20(25(29-15-18)31-22-10-8-16(13-27)14-28-22)30-23(33)11-9-17-4-3-7-21(32)24(17)34-19-5-1-2-6-19/h3-4,7-12,14-15,19,32H,1-2,5-6H2,(H,30,33)(H,28,29,31)/b11-9+. The summed E-state index contributed by atoms with van der Waals surface area (Å²) >= 11 is 6.08. The smallest absolute Gasteiger partial charge is 0.248 e. The van der Waals surface area contributed by atoms with Crippen LogP contribution < -0.4 is 15.4 Å². The molecule has 9 heteroatoms. The van der Waals surface area contributed by atoms with Crippen molar-refractivity contribution in [1.29, 1.82) is 5.26 Å². The number of anilines is 3. The second-order valence-electron chi connectivity index (χ2n) is 7.76. The van der Waals surface area contributed by atoms with Crippen LogP contribution in [0, 0.1) is 11.3 Å². The highest BCUT2D eigenvalue weighted by Gasteiger charge is 2.19. The first-order valence-electron chi connectivity index (χ1n) is 10.8. The highest BCUT2D eigenvalue weighted by Crippen LogP contribution is 2.35. The minimum atomic E-state index is -0.421. The van der Waals surface area contributed by atoms with Crippen LogP contribution in [0.25, 0.3) is 6.08 Å². The molecule has 3 N–H and O–H groups in total. The first kappa shape index (κ1) is 23.1. The molecule has 4 rings (SSSR count). The lowest BCUT2D eigenvalue weighted by atomic mass is 10.1. The number of pyridine rings is 2. The number of nitriles is 1. The van der Waals surface area contributed by atoms with Gasteiger partial charge in [0.1, 0.15) is 11.9 Å². The summed E-state index contributed by atoms with van der Waals surface area (Å²) in [6.07, 6.45) is 9.98. The normalized spacial score (nSPS) is 13.5. The molecule has 34 heavy (non-hydrogen) atoms. The Morgan fingerprint density at radius 1 is 1.21 bits per heavy atom. The Hall–Kier alpha value is -4.09. The van der Waals surface area contributed by atoms with Crippen molar-refractivity contribution < 1.29 is 14.6 Å². The van der Waals surface area contributed by atoms with Gasteiger partial charge in [-0.2, -0.15) is 5.26 Å². The zero-order chi connectivity index (χ0) is 23.9. The van der Waals surface area contributed by atoms with E-state index in [4.69, 9.17) is 21.6 Å². The van der Waals surface area contributed by atoms with Crippen LogP contribution in [0.2, 0.25) is 5.02 Å². The fourth-order valence-corrected chi connectivity index (χ4v) is 3.76. The van der Waals surface area contributed by atoms with Gasteiger partial charge in [-0.05, 0) is 56.0 Å². The number of halogens is 1.